The highest BCUT2D eigenvalue weighted by Crippen LogP contribution is 2.18. The number of esters is 1. The minimum Gasteiger partial charge on any atom is -0.449 e. The van der Waals surface area contributed by atoms with Gasteiger partial charge < -0.3 is 10.1 Å². The summed E-state index contributed by atoms with van der Waals surface area (Å²) in [5, 5.41) is 2.57. The third-order valence-corrected chi connectivity index (χ3v) is 7.95. The smallest absolute Gasteiger partial charge is 0.338 e. The van der Waals surface area contributed by atoms with Crippen LogP contribution < -0.4 is 10.9 Å². The molecule has 0 aliphatic heterocycles. The molecule has 192 valence electrons. The maximum absolute atomic E-state index is 13.0. The maximum atomic E-state index is 13.0. The topological polar surface area (TPSA) is 120 Å². The molecule has 0 fully saturated rings. The summed E-state index contributed by atoms with van der Waals surface area (Å²) in [6.45, 7) is 7.22. The van der Waals surface area contributed by atoms with Crippen LogP contribution in [0.2, 0.25) is 0 Å². The van der Waals surface area contributed by atoms with E-state index in [2.05, 4.69) is 5.32 Å². The molecule has 0 bridgehead atoms. The van der Waals surface area contributed by atoms with Crippen LogP contribution in [0.15, 0.2) is 64.3 Å². The molecule has 1 unspecified atom stereocenters. The van der Waals surface area contributed by atoms with E-state index >= 15 is 0 Å². The van der Waals surface area contributed by atoms with Crippen LogP contribution in [0.4, 0.5) is 5.69 Å². The highest BCUT2D eigenvalue weighted by Gasteiger charge is 2.25. The first kappa shape index (κ1) is 26.9. The summed E-state index contributed by atoms with van der Waals surface area (Å²) in [4.78, 5) is 38.3. The number of benzene rings is 2. The molecule has 1 atom stereocenters. The van der Waals surface area contributed by atoms with Gasteiger partial charge in [-0.2, -0.15) is 4.31 Å². The van der Waals surface area contributed by atoms with E-state index in [0.29, 0.717) is 24.5 Å². The average Bonchev–Trinajstić information content (AvgIpc) is 3.08. The van der Waals surface area contributed by atoms with E-state index in [-0.39, 0.29) is 16.1 Å². The first-order chi connectivity index (χ1) is 17.0. The molecule has 3 rings (SSSR count). The largest absolute Gasteiger partial charge is 0.449 e. The molecule has 2 aromatic carbocycles. The summed E-state index contributed by atoms with van der Waals surface area (Å²) in [6, 6.07) is 14.3. The van der Waals surface area contributed by atoms with Crippen LogP contribution in [0.25, 0.3) is 5.69 Å². The molecule has 1 aromatic heterocycles. The SMILES string of the molecule is CCN(CC)S(=O)(=O)c1ccc(C(=O)OC(C)C(=O)Nc2c(C)n(C)n(-c3ccccc3)c2=O)cc1. The summed E-state index contributed by atoms with van der Waals surface area (Å²) in [7, 11) is -1.96. The number of carbonyl (C=O) groups excluding carboxylic acids is 2. The van der Waals surface area contributed by atoms with E-state index in [9.17, 15) is 22.8 Å². The zero-order valence-electron chi connectivity index (χ0n) is 20.9. The lowest BCUT2D eigenvalue weighted by molar-refractivity contribution is -0.123. The molecule has 36 heavy (non-hydrogen) atoms. The van der Waals surface area contributed by atoms with Crippen molar-refractivity contribution in [3.63, 3.8) is 0 Å². The number of sulfonamides is 1. The number of ether oxygens (including phenoxy) is 1. The van der Waals surface area contributed by atoms with Gasteiger partial charge in [-0.05, 0) is 50.2 Å². The molecular weight excluding hydrogens is 484 g/mol. The Balaban J connectivity index is 1.72. The first-order valence-electron chi connectivity index (χ1n) is 11.5. The number of hydrogen-bond donors (Lipinski definition) is 1. The number of para-hydroxylation sites is 1. The lowest BCUT2D eigenvalue weighted by Crippen LogP contribution is -2.32. The molecular formula is C25H30N4O6S. The van der Waals surface area contributed by atoms with Gasteiger partial charge in [-0.15, -0.1) is 0 Å². The van der Waals surface area contributed by atoms with E-state index in [4.69, 9.17) is 4.74 Å². The molecule has 10 nitrogen and oxygen atoms in total. The lowest BCUT2D eigenvalue weighted by atomic mass is 10.2. The second kappa shape index (κ2) is 10.9. The summed E-state index contributed by atoms with van der Waals surface area (Å²) in [5.41, 5.74) is 0.925. The Morgan fingerprint density at radius 2 is 1.61 bits per heavy atom. The van der Waals surface area contributed by atoms with Crippen LogP contribution in [0.1, 0.15) is 36.8 Å². The normalized spacial score (nSPS) is 12.4. The molecule has 11 heteroatoms. The van der Waals surface area contributed by atoms with Crippen LogP contribution >= 0.6 is 0 Å². The van der Waals surface area contributed by atoms with Crippen molar-refractivity contribution in [2.24, 2.45) is 7.05 Å². The van der Waals surface area contributed by atoms with E-state index in [1.54, 1.807) is 56.8 Å². The third-order valence-electron chi connectivity index (χ3n) is 5.89. The second-order valence-corrected chi connectivity index (χ2v) is 10.0. The summed E-state index contributed by atoms with van der Waals surface area (Å²) in [6.07, 6.45) is -1.21. The number of amides is 1. The zero-order chi connectivity index (χ0) is 26.6. The van der Waals surface area contributed by atoms with Gasteiger partial charge >= 0.3 is 5.97 Å². The fourth-order valence-corrected chi connectivity index (χ4v) is 5.15. The van der Waals surface area contributed by atoms with Crippen molar-refractivity contribution in [3.05, 3.63) is 76.2 Å². The van der Waals surface area contributed by atoms with Crippen molar-refractivity contribution in [2.45, 2.75) is 38.7 Å². The van der Waals surface area contributed by atoms with Gasteiger partial charge in [0.05, 0.1) is 21.8 Å². The molecule has 0 aliphatic rings. The Labute approximate surface area is 210 Å². The molecule has 0 saturated heterocycles. The van der Waals surface area contributed by atoms with Gasteiger partial charge in [-0.1, -0.05) is 32.0 Å². The minimum absolute atomic E-state index is 0.0581. The standard InChI is InChI=1S/C25H30N4O6S/c1-6-28(7-2)36(33,34)21-15-13-19(14-16-21)25(32)35-18(4)23(30)26-22-17(3)27(5)29(24(22)31)20-11-9-8-10-12-20/h8-16,18H,6-7H2,1-5H3,(H,26,30). The molecule has 1 amide bonds. The van der Waals surface area contributed by atoms with Gasteiger partial charge in [0, 0.05) is 20.1 Å². The van der Waals surface area contributed by atoms with E-state index in [1.165, 1.54) is 40.2 Å². The predicted octanol–water partition coefficient (Wildman–Crippen LogP) is 2.70. The average molecular weight is 515 g/mol. The van der Waals surface area contributed by atoms with Gasteiger partial charge in [0.15, 0.2) is 6.10 Å². The highest BCUT2D eigenvalue weighted by atomic mass is 32.2. The van der Waals surface area contributed by atoms with Gasteiger partial charge in [0.2, 0.25) is 10.0 Å². The molecule has 0 spiro atoms. The van der Waals surface area contributed by atoms with Crippen molar-refractivity contribution in [3.8, 4) is 5.69 Å². The lowest BCUT2D eigenvalue weighted by Gasteiger charge is -2.18. The fraction of sp³-hybridized carbons (Fsp3) is 0.320. The number of aromatic nitrogens is 2. The molecule has 3 aromatic rings. The van der Waals surface area contributed by atoms with Crippen molar-refractivity contribution < 1.29 is 22.7 Å². The summed E-state index contributed by atoms with van der Waals surface area (Å²) in [5.74, 6) is -1.47. The Kier molecular flexibility index (Phi) is 8.16. The van der Waals surface area contributed by atoms with Gasteiger partial charge in [0.25, 0.3) is 11.5 Å². The zero-order valence-corrected chi connectivity index (χ0v) is 21.7. The van der Waals surface area contributed by atoms with Crippen molar-refractivity contribution in [1.82, 2.24) is 13.7 Å². The van der Waals surface area contributed by atoms with Crippen molar-refractivity contribution in [2.75, 3.05) is 18.4 Å². The Bertz CT molecular complexity index is 1410. The molecule has 0 saturated carbocycles. The van der Waals surface area contributed by atoms with Crippen LogP contribution in [0, 0.1) is 6.92 Å². The van der Waals surface area contributed by atoms with Gasteiger partial charge in [0.1, 0.15) is 5.69 Å². The quantitative estimate of drug-likeness (QED) is 0.439. The Morgan fingerprint density at radius 3 is 2.17 bits per heavy atom. The monoisotopic (exact) mass is 514 g/mol. The van der Waals surface area contributed by atoms with Gasteiger partial charge in [-0.3, -0.25) is 14.3 Å². The number of anilines is 1. The number of carbonyl (C=O) groups is 2. The molecule has 0 radical (unpaired) electrons. The van der Waals surface area contributed by atoms with Crippen molar-refractivity contribution >= 4 is 27.6 Å². The number of nitrogens with zero attached hydrogens (tertiary/aromatic N) is 3. The third kappa shape index (κ3) is 5.26. The summed E-state index contributed by atoms with van der Waals surface area (Å²) >= 11 is 0. The van der Waals surface area contributed by atoms with Gasteiger partial charge in [-0.25, -0.2) is 17.9 Å². The highest BCUT2D eigenvalue weighted by molar-refractivity contribution is 7.89. The molecule has 1 heterocycles. The molecule has 0 aliphatic carbocycles. The van der Waals surface area contributed by atoms with Crippen LogP contribution in [0.3, 0.4) is 0 Å². The maximum Gasteiger partial charge on any atom is 0.338 e. The molecule has 1 N–H and O–H groups in total. The van der Waals surface area contributed by atoms with Crippen LogP contribution in [-0.4, -0.2) is 53.2 Å². The van der Waals surface area contributed by atoms with Crippen molar-refractivity contribution in [1.29, 1.82) is 0 Å². The van der Waals surface area contributed by atoms with Crippen LogP contribution in [0.5, 0.6) is 0 Å². The number of hydrogen-bond acceptors (Lipinski definition) is 6. The van der Waals surface area contributed by atoms with E-state index < -0.39 is 33.6 Å². The Morgan fingerprint density at radius 1 is 1.03 bits per heavy atom. The predicted molar refractivity (Wildman–Crippen MR) is 136 cm³/mol. The second-order valence-electron chi connectivity index (χ2n) is 8.09. The van der Waals surface area contributed by atoms with E-state index in [1.807, 2.05) is 6.07 Å². The number of rotatable bonds is 9. The number of nitrogens with one attached hydrogen (secondary N) is 1. The summed E-state index contributed by atoms with van der Waals surface area (Å²) < 4.78 is 34.8. The Hall–Kier alpha value is -3.70. The minimum atomic E-state index is -3.66. The van der Waals surface area contributed by atoms with E-state index in [0.717, 1.165) is 0 Å². The fourth-order valence-electron chi connectivity index (χ4n) is 3.69. The first-order valence-corrected chi connectivity index (χ1v) is 12.9. The van der Waals surface area contributed by atoms with Crippen LogP contribution in [-0.2, 0) is 26.6 Å².